The first-order valence-corrected chi connectivity index (χ1v) is 6.59. The van der Waals surface area contributed by atoms with Gasteiger partial charge in [0.1, 0.15) is 5.82 Å². The number of benzene rings is 2. The zero-order valence-corrected chi connectivity index (χ0v) is 12.3. The van der Waals surface area contributed by atoms with Crippen LogP contribution in [0.1, 0.15) is 5.56 Å². The molecule has 0 unspecified atom stereocenters. The minimum atomic E-state index is -0.377. The van der Waals surface area contributed by atoms with E-state index < -0.39 is 0 Å². The number of hydrogen-bond donors (Lipinski definition) is 1. The number of halogens is 1. The largest absolute Gasteiger partial charge is 0.493 e. The zero-order valence-electron chi connectivity index (χ0n) is 12.3. The van der Waals surface area contributed by atoms with Crippen molar-refractivity contribution in [1.29, 1.82) is 0 Å². The van der Waals surface area contributed by atoms with Crippen molar-refractivity contribution in [2.24, 2.45) is 0 Å². The van der Waals surface area contributed by atoms with Gasteiger partial charge in [-0.05, 0) is 24.3 Å². The van der Waals surface area contributed by atoms with Gasteiger partial charge in [0.25, 0.3) is 0 Å². The standard InChI is InChI=1S/C17H16FNO3/c1-21-15-9-8-13(11-16(15)22-2)19-17(20)10-7-12-5-3-4-6-14(12)18/h3-11H,1-2H3,(H,19,20)/b10-7+. The Morgan fingerprint density at radius 1 is 1.09 bits per heavy atom. The number of rotatable bonds is 5. The molecule has 0 fully saturated rings. The summed E-state index contributed by atoms with van der Waals surface area (Å²) in [6.07, 6.45) is 2.69. The van der Waals surface area contributed by atoms with Gasteiger partial charge in [-0.15, -0.1) is 0 Å². The second-order valence-electron chi connectivity index (χ2n) is 4.41. The van der Waals surface area contributed by atoms with Gasteiger partial charge in [0.05, 0.1) is 14.2 Å². The molecular formula is C17H16FNO3. The molecule has 0 aromatic heterocycles. The van der Waals surface area contributed by atoms with Crippen molar-refractivity contribution in [2.45, 2.75) is 0 Å². The van der Waals surface area contributed by atoms with E-state index in [2.05, 4.69) is 5.32 Å². The number of amides is 1. The van der Waals surface area contributed by atoms with Crippen LogP contribution in [0.3, 0.4) is 0 Å². The van der Waals surface area contributed by atoms with Gasteiger partial charge < -0.3 is 14.8 Å². The van der Waals surface area contributed by atoms with Crippen LogP contribution in [0.5, 0.6) is 11.5 Å². The molecule has 22 heavy (non-hydrogen) atoms. The lowest BCUT2D eigenvalue weighted by atomic mass is 10.2. The van der Waals surface area contributed by atoms with Gasteiger partial charge in [-0.25, -0.2) is 4.39 Å². The predicted molar refractivity (Wildman–Crippen MR) is 83.6 cm³/mol. The number of methoxy groups -OCH3 is 2. The van der Waals surface area contributed by atoms with Crippen molar-refractivity contribution in [3.63, 3.8) is 0 Å². The molecule has 1 amide bonds. The average molecular weight is 301 g/mol. The third kappa shape index (κ3) is 3.85. The Hall–Kier alpha value is -2.82. The summed E-state index contributed by atoms with van der Waals surface area (Å²) >= 11 is 0. The summed E-state index contributed by atoms with van der Waals surface area (Å²) in [5.41, 5.74) is 0.908. The molecule has 0 bridgehead atoms. The van der Waals surface area contributed by atoms with E-state index in [0.717, 1.165) is 0 Å². The van der Waals surface area contributed by atoms with Gasteiger partial charge in [-0.1, -0.05) is 18.2 Å². The van der Waals surface area contributed by atoms with Crippen LogP contribution in [0.25, 0.3) is 6.08 Å². The highest BCUT2D eigenvalue weighted by atomic mass is 19.1. The van der Waals surface area contributed by atoms with Crippen LogP contribution >= 0.6 is 0 Å². The molecule has 0 atom stereocenters. The van der Waals surface area contributed by atoms with E-state index in [9.17, 15) is 9.18 Å². The molecule has 0 saturated carbocycles. The first-order chi connectivity index (χ1) is 10.6. The molecule has 114 valence electrons. The molecule has 5 heteroatoms. The topological polar surface area (TPSA) is 47.6 Å². The van der Waals surface area contributed by atoms with Gasteiger partial charge in [-0.3, -0.25) is 4.79 Å². The summed E-state index contributed by atoms with van der Waals surface area (Å²) in [6.45, 7) is 0. The van der Waals surface area contributed by atoms with E-state index in [1.807, 2.05) is 0 Å². The van der Waals surface area contributed by atoms with Crippen LogP contribution in [-0.2, 0) is 4.79 Å². The Labute approximate surface area is 128 Å². The van der Waals surface area contributed by atoms with Crippen molar-refractivity contribution in [3.05, 3.63) is 59.9 Å². The van der Waals surface area contributed by atoms with Crippen LogP contribution in [0.4, 0.5) is 10.1 Å². The molecule has 0 aliphatic rings. The Morgan fingerprint density at radius 2 is 1.82 bits per heavy atom. The van der Waals surface area contributed by atoms with Gasteiger partial charge in [0.15, 0.2) is 11.5 Å². The summed E-state index contributed by atoms with van der Waals surface area (Å²) in [4.78, 5) is 11.9. The monoisotopic (exact) mass is 301 g/mol. The van der Waals surface area contributed by atoms with E-state index >= 15 is 0 Å². The normalized spacial score (nSPS) is 10.5. The quantitative estimate of drug-likeness (QED) is 0.860. The van der Waals surface area contributed by atoms with Crippen LogP contribution < -0.4 is 14.8 Å². The molecule has 0 aliphatic heterocycles. The molecule has 0 aliphatic carbocycles. The molecular weight excluding hydrogens is 285 g/mol. The lowest BCUT2D eigenvalue weighted by Gasteiger charge is -2.09. The fraction of sp³-hybridized carbons (Fsp3) is 0.118. The Balaban J connectivity index is 2.08. The molecule has 0 radical (unpaired) electrons. The minimum absolute atomic E-state index is 0.352. The number of carbonyl (C=O) groups is 1. The highest BCUT2D eigenvalue weighted by molar-refractivity contribution is 6.02. The maximum atomic E-state index is 13.4. The molecule has 2 aromatic carbocycles. The van der Waals surface area contributed by atoms with E-state index in [1.54, 1.807) is 36.4 Å². The second-order valence-corrected chi connectivity index (χ2v) is 4.41. The molecule has 4 nitrogen and oxygen atoms in total. The van der Waals surface area contributed by atoms with E-state index in [-0.39, 0.29) is 11.7 Å². The fourth-order valence-corrected chi connectivity index (χ4v) is 1.87. The van der Waals surface area contributed by atoms with Crippen LogP contribution in [-0.4, -0.2) is 20.1 Å². The van der Waals surface area contributed by atoms with Gasteiger partial charge in [0.2, 0.25) is 5.91 Å². The summed E-state index contributed by atoms with van der Waals surface area (Å²) in [6, 6.07) is 11.3. The Bertz CT molecular complexity index is 698. The smallest absolute Gasteiger partial charge is 0.248 e. The lowest BCUT2D eigenvalue weighted by Crippen LogP contribution is -2.08. The molecule has 0 heterocycles. The molecule has 0 spiro atoms. The highest BCUT2D eigenvalue weighted by Gasteiger charge is 2.06. The molecule has 2 aromatic rings. The van der Waals surface area contributed by atoms with E-state index in [0.29, 0.717) is 22.7 Å². The minimum Gasteiger partial charge on any atom is -0.493 e. The average Bonchev–Trinajstić information content (AvgIpc) is 2.54. The predicted octanol–water partition coefficient (Wildman–Crippen LogP) is 3.49. The van der Waals surface area contributed by atoms with Crippen LogP contribution in [0, 0.1) is 5.82 Å². The summed E-state index contributed by atoms with van der Waals surface area (Å²) in [7, 11) is 3.05. The summed E-state index contributed by atoms with van der Waals surface area (Å²) in [5.74, 6) is 0.342. The van der Waals surface area contributed by atoms with Crippen molar-refractivity contribution >= 4 is 17.7 Å². The maximum Gasteiger partial charge on any atom is 0.248 e. The number of carbonyl (C=O) groups excluding carboxylic acids is 1. The van der Waals surface area contributed by atoms with Crippen molar-refractivity contribution in [2.75, 3.05) is 19.5 Å². The number of anilines is 1. The summed E-state index contributed by atoms with van der Waals surface area (Å²) in [5, 5.41) is 2.67. The Morgan fingerprint density at radius 3 is 2.50 bits per heavy atom. The molecule has 0 saturated heterocycles. The number of hydrogen-bond acceptors (Lipinski definition) is 3. The van der Waals surface area contributed by atoms with Crippen molar-refractivity contribution in [3.8, 4) is 11.5 Å². The highest BCUT2D eigenvalue weighted by Crippen LogP contribution is 2.29. The fourth-order valence-electron chi connectivity index (χ4n) is 1.87. The maximum absolute atomic E-state index is 13.4. The van der Waals surface area contributed by atoms with Gasteiger partial charge in [-0.2, -0.15) is 0 Å². The number of nitrogens with one attached hydrogen (secondary N) is 1. The lowest BCUT2D eigenvalue weighted by molar-refractivity contribution is -0.111. The van der Waals surface area contributed by atoms with E-state index in [1.165, 1.54) is 32.4 Å². The molecule has 2 rings (SSSR count). The summed E-state index contributed by atoms with van der Waals surface area (Å²) < 4.78 is 23.7. The third-order valence-corrected chi connectivity index (χ3v) is 2.97. The van der Waals surface area contributed by atoms with Crippen LogP contribution in [0.2, 0.25) is 0 Å². The van der Waals surface area contributed by atoms with Crippen molar-refractivity contribution < 1.29 is 18.7 Å². The van der Waals surface area contributed by atoms with Crippen molar-refractivity contribution in [1.82, 2.24) is 0 Å². The first-order valence-electron chi connectivity index (χ1n) is 6.59. The zero-order chi connectivity index (χ0) is 15.9. The SMILES string of the molecule is COc1ccc(NC(=O)/C=C/c2ccccc2F)cc1OC. The molecule has 1 N–H and O–H groups in total. The number of ether oxygens (including phenoxy) is 2. The third-order valence-electron chi connectivity index (χ3n) is 2.97. The van der Waals surface area contributed by atoms with E-state index in [4.69, 9.17) is 9.47 Å². The van der Waals surface area contributed by atoms with Gasteiger partial charge >= 0.3 is 0 Å². The first kappa shape index (κ1) is 15.6. The van der Waals surface area contributed by atoms with Crippen LogP contribution in [0.15, 0.2) is 48.5 Å². The van der Waals surface area contributed by atoms with Gasteiger partial charge in [0, 0.05) is 23.4 Å². The Kier molecular flexibility index (Phi) is 5.14. The second kappa shape index (κ2) is 7.26.